The fourth-order valence-corrected chi connectivity index (χ4v) is 6.41. The minimum Gasteiger partial charge on any atom is -0.489 e. The zero-order valence-corrected chi connectivity index (χ0v) is 21.3. The Hall–Kier alpha value is -3.86. The number of hydrogen-bond donors (Lipinski definition) is 1. The van der Waals surface area contributed by atoms with Crippen molar-refractivity contribution in [3.05, 3.63) is 65.7 Å². The van der Waals surface area contributed by atoms with Gasteiger partial charge in [-0.05, 0) is 47.4 Å². The van der Waals surface area contributed by atoms with Gasteiger partial charge in [-0.2, -0.15) is 15.8 Å². The highest BCUT2D eigenvalue weighted by atomic mass is 16.7. The summed E-state index contributed by atoms with van der Waals surface area (Å²) in [6, 6.07) is 23.4. The molecule has 2 aliphatic heterocycles. The predicted molar refractivity (Wildman–Crippen MR) is 135 cm³/mol. The quantitative estimate of drug-likeness (QED) is 0.552. The van der Waals surface area contributed by atoms with Gasteiger partial charge in [-0.3, -0.25) is 5.41 Å². The summed E-state index contributed by atoms with van der Waals surface area (Å²) in [4.78, 5) is 0. The Bertz CT molecular complexity index is 1310. The van der Waals surface area contributed by atoms with E-state index in [2.05, 4.69) is 39.0 Å². The number of nitrogens with one attached hydrogen (secondary N) is 1. The Morgan fingerprint density at radius 1 is 1.00 bits per heavy atom. The summed E-state index contributed by atoms with van der Waals surface area (Å²) in [5.41, 5.74) is -2.10. The van der Waals surface area contributed by atoms with Crippen molar-refractivity contribution in [2.24, 2.45) is 28.1 Å². The second-order valence-corrected chi connectivity index (χ2v) is 11.4. The molecule has 0 aromatic heterocycles. The van der Waals surface area contributed by atoms with E-state index in [-0.39, 0.29) is 17.2 Å². The molecule has 1 N–H and O–H groups in total. The maximum atomic E-state index is 10.6. The van der Waals surface area contributed by atoms with Crippen molar-refractivity contribution < 1.29 is 14.2 Å². The van der Waals surface area contributed by atoms with Crippen LogP contribution >= 0.6 is 0 Å². The lowest BCUT2D eigenvalue weighted by Gasteiger charge is -2.54. The molecule has 3 aliphatic rings. The van der Waals surface area contributed by atoms with Crippen molar-refractivity contribution in [3.63, 3.8) is 0 Å². The van der Waals surface area contributed by atoms with Crippen molar-refractivity contribution in [1.29, 1.82) is 21.2 Å². The molecule has 1 saturated carbocycles. The molecule has 0 radical (unpaired) electrons. The van der Waals surface area contributed by atoms with E-state index in [9.17, 15) is 15.8 Å². The fraction of sp³-hybridized carbons (Fsp3) is 0.467. The van der Waals surface area contributed by atoms with Gasteiger partial charge in [-0.15, -0.1) is 0 Å². The molecule has 0 spiro atoms. The predicted octanol–water partition coefficient (Wildman–Crippen LogP) is 6.05. The Morgan fingerprint density at radius 2 is 1.68 bits per heavy atom. The first kappa shape index (κ1) is 24.8. The lowest BCUT2D eigenvalue weighted by Crippen LogP contribution is -2.61. The van der Waals surface area contributed by atoms with E-state index in [1.807, 2.05) is 30.3 Å². The van der Waals surface area contributed by atoms with E-state index in [0.29, 0.717) is 30.8 Å². The van der Waals surface area contributed by atoms with Gasteiger partial charge < -0.3 is 14.2 Å². The van der Waals surface area contributed by atoms with Crippen molar-refractivity contribution in [2.45, 2.75) is 58.5 Å². The van der Waals surface area contributed by atoms with Crippen molar-refractivity contribution >= 4 is 5.90 Å². The van der Waals surface area contributed by atoms with Crippen LogP contribution in [0, 0.1) is 67.5 Å². The summed E-state index contributed by atoms with van der Waals surface area (Å²) in [6.07, 6.45) is 0.784. The number of hydrogen-bond acceptors (Lipinski definition) is 7. The Balaban J connectivity index is 1.52. The van der Waals surface area contributed by atoms with Gasteiger partial charge in [-0.25, -0.2) is 0 Å². The lowest BCUT2D eigenvalue weighted by molar-refractivity contribution is -0.301. The molecule has 5 atom stereocenters. The monoisotopic (exact) mass is 494 g/mol. The van der Waals surface area contributed by atoms with Crippen LogP contribution in [0.4, 0.5) is 0 Å². The first-order valence-electron chi connectivity index (χ1n) is 12.6. The summed E-state index contributed by atoms with van der Waals surface area (Å²) < 4.78 is 18.5. The molecule has 37 heavy (non-hydrogen) atoms. The van der Waals surface area contributed by atoms with Crippen LogP contribution in [-0.4, -0.2) is 11.7 Å². The Morgan fingerprint density at radius 3 is 2.27 bits per heavy atom. The largest absolute Gasteiger partial charge is 0.489 e. The minimum atomic E-state index is -1.95. The summed E-state index contributed by atoms with van der Waals surface area (Å²) in [7, 11) is 0. The topological polar surface area (TPSA) is 123 Å². The van der Waals surface area contributed by atoms with Gasteiger partial charge >= 0.3 is 0 Å². The number of nitrogens with zero attached hydrogens (tertiary/aromatic N) is 3. The van der Waals surface area contributed by atoms with Gasteiger partial charge in [0, 0.05) is 6.42 Å². The third kappa shape index (κ3) is 3.51. The number of ether oxygens (including phenoxy) is 3. The van der Waals surface area contributed by atoms with Gasteiger partial charge in [0.05, 0.1) is 24.1 Å². The van der Waals surface area contributed by atoms with Crippen LogP contribution in [0.3, 0.4) is 0 Å². The van der Waals surface area contributed by atoms with E-state index in [4.69, 9.17) is 19.6 Å². The number of rotatable bonds is 4. The summed E-state index contributed by atoms with van der Waals surface area (Å²) in [5.74, 6) is -1.25. The molecule has 5 rings (SSSR count). The van der Waals surface area contributed by atoms with Crippen LogP contribution in [0.15, 0.2) is 54.6 Å². The molecule has 1 aliphatic carbocycles. The molecule has 7 nitrogen and oxygen atoms in total. The average molecular weight is 495 g/mol. The standard InChI is InChI=1S/C30H30N4O3/c1-27(2,3)22-13-14-30-24(15-22)29(19-33,26(34)37-30)28(17-31,18-32)25(36-30)21-9-11-23(12-10-21)35-16-20-7-5-4-6-8-20/h4-12,22,24-25,34H,13-16H2,1-3H3. The molecule has 2 aromatic rings. The van der Waals surface area contributed by atoms with Crippen LogP contribution in [0.2, 0.25) is 0 Å². The van der Waals surface area contributed by atoms with Crippen molar-refractivity contribution in [3.8, 4) is 24.0 Å². The SMILES string of the molecule is CC(C)(C)C1CCC23OC(=N)C(C#N)(C2C1)C(C#N)(C#N)C(c1ccc(OCc2ccccc2)cc1)O3. The van der Waals surface area contributed by atoms with E-state index in [1.54, 1.807) is 24.3 Å². The first-order valence-corrected chi connectivity index (χ1v) is 12.6. The maximum absolute atomic E-state index is 10.6. The first-order chi connectivity index (χ1) is 17.7. The number of nitriles is 3. The molecular weight excluding hydrogens is 464 g/mol. The number of benzene rings is 2. The Kier molecular flexibility index (Phi) is 5.78. The molecule has 7 heteroatoms. The smallest absolute Gasteiger partial charge is 0.217 e. The highest BCUT2D eigenvalue weighted by Crippen LogP contribution is 2.70. The van der Waals surface area contributed by atoms with Gasteiger partial charge in [-0.1, -0.05) is 63.2 Å². The van der Waals surface area contributed by atoms with Crippen LogP contribution in [0.25, 0.3) is 0 Å². The average Bonchev–Trinajstić information content (AvgIpc) is 3.11. The lowest BCUT2D eigenvalue weighted by atomic mass is 9.49. The third-order valence-electron chi connectivity index (χ3n) is 8.57. The van der Waals surface area contributed by atoms with E-state index < -0.39 is 28.6 Å². The summed E-state index contributed by atoms with van der Waals surface area (Å²) in [5, 5.41) is 40.4. The molecule has 2 heterocycles. The van der Waals surface area contributed by atoms with Gasteiger partial charge in [0.15, 0.2) is 5.41 Å². The van der Waals surface area contributed by atoms with Gasteiger partial charge in [0.2, 0.25) is 17.1 Å². The Labute approximate surface area is 217 Å². The van der Waals surface area contributed by atoms with E-state index in [0.717, 1.165) is 12.0 Å². The van der Waals surface area contributed by atoms with Gasteiger partial charge in [0.1, 0.15) is 18.5 Å². The third-order valence-corrected chi connectivity index (χ3v) is 8.57. The fourth-order valence-electron chi connectivity index (χ4n) is 6.41. The van der Waals surface area contributed by atoms with Crippen molar-refractivity contribution in [1.82, 2.24) is 0 Å². The molecule has 2 bridgehead atoms. The van der Waals surface area contributed by atoms with Crippen LogP contribution in [0.1, 0.15) is 57.3 Å². The second kappa shape index (κ2) is 8.62. The van der Waals surface area contributed by atoms with Crippen molar-refractivity contribution in [2.75, 3.05) is 0 Å². The highest BCUT2D eigenvalue weighted by molar-refractivity contribution is 5.89. The van der Waals surface area contributed by atoms with E-state index >= 15 is 0 Å². The van der Waals surface area contributed by atoms with E-state index in [1.165, 1.54) is 0 Å². The van der Waals surface area contributed by atoms with Crippen LogP contribution in [0.5, 0.6) is 5.75 Å². The summed E-state index contributed by atoms with van der Waals surface area (Å²) >= 11 is 0. The minimum absolute atomic E-state index is 0.0335. The van der Waals surface area contributed by atoms with Crippen LogP contribution in [-0.2, 0) is 16.1 Å². The zero-order valence-electron chi connectivity index (χ0n) is 21.3. The molecule has 0 amide bonds. The molecule has 2 saturated heterocycles. The van der Waals surface area contributed by atoms with Crippen LogP contribution < -0.4 is 4.74 Å². The normalized spacial score (nSPS) is 31.7. The second-order valence-electron chi connectivity index (χ2n) is 11.4. The molecular formula is C30H30N4O3. The van der Waals surface area contributed by atoms with Gasteiger partial charge in [0.25, 0.3) is 0 Å². The molecule has 188 valence electrons. The zero-order chi connectivity index (χ0) is 26.5. The molecule has 3 fully saturated rings. The maximum Gasteiger partial charge on any atom is 0.217 e. The molecule has 5 unspecified atom stereocenters. The highest BCUT2D eigenvalue weighted by Gasteiger charge is 2.81. The molecule has 2 aromatic carbocycles. The summed E-state index contributed by atoms with van der Waals surface area (Å²) in [6.45, 7) is 6.86.